The predicted octanol–water partition coefficient (Wildman–Crippen LogP) is 3.26. The number of amides is 1. The van der Waals surface area contributed by atoms with Gasteiger partial charge in [0.1, 0.15) is 5.82 Å². The lowest BCUT2D eigenvalue weighted by Crippen LogP contribution is -2.54. The van der Waals surface area contributed by atoms with Crippen molar-refractivity contribution < 1.29 is 9.18 Å². The smallest absolute Gasteiger partial charge is 0.227 e. The molecule has 2 heterocycles. The number of carbonyl (C=O) groups is 1. The first-order chi connectivity index (χ1) is 12.0. The molecule has 0 aliphatic carbocycles. The quantitative estimate of drug-likeness (QED) is 0.782. The Balaban J connectivity index is 1.57. The predicted molar refractivity (Wildman–Crippen MR) is 98.5 cm³/mol. The minimum Gasteiger partial charge on any atom is -0.337 e. The van der Waals surface area contributed by atoms with E-state index in [1.807, 2.05) is 17.2 Å². The molecule has 1 atom stereocenters. The Morgan fingerprint density at radius 3 is 2.84 bits per heavy atom. The summed E-state index contributed by atoms with van der Waals surface area (Å²) < 4.78 is 13.7. The Labute approximate surface area is 155 Å². The van der Waals surface area contributed by atoms with Gasteiger partial charge in [-0.3, -0.25) is 14.7 Å². The second-order valence-corrected chi connectivity index (χ2v) is 7.31. The van der Waals surface area contributed by atoms with Crippen molar-refractivity contribution in [2.45, 2.75) is 25.9 Å². The van der Waals surface area contributed by atoms with Crippen molar-refractivity contribution in [3.63, 3.8) is 0 Å². The molecule has 0 bridgehead atoms. The molecule has 132 valence electrons. The molecule has 3 rings (SSSR count). The summed E-state index contributed by atoms with van der Waals surface area (Å²) in [6, 6.07) is 8.91. The highest BCUT2D eigenvalue weighted by Gasteiger charge is 2.27. The van der Waals surface area contributed by atoms with Gasteiger partial charge < -0.3 is 4.90 Å². The molecule has 1 aliphatic rings. The van der Waals surface area contributed by atoms with E-state index >= 15 is 0 Å². The molecule has 1 fully saturated rings. The van der Waals surface area contributed by atoms with Crippen LogP contribution in [0.5, 0.6) is 0 Å². The molecule has 0 spiro atoms. The van der Waals surface area contributed by atoms with E-state index in [4.69, 9.17) is 0 Å². The van der Waals surface area contributed by atoms with Crippen molar-refractivity contribution in [1.29, 1.82) is 0 Å². The molecular weight excluding hydrogens is 385 g/mol. The number of aromatic nitrogens is 1. The van der Waals surface area contributed by atoms with Crippen LogP contribution in [0.1, 0.15) is 18.1 Å². The number of carbonyl (C=O) groups excluding carboxylic acids is 1. The molecule has 1 aromatic carbocycles. The summed E-state index contributed by atoms with van der Waals surface area (Å²) in [6.07, 6.45) is 3.96. The molecular formula is C19H21BrFN3O. The maximum atomic E-state index is 13.3. The van der Waals surface area contributed by atoms with Crippen LogP contribution in [-0.2, 0) is 17.8 Å². The number of hydrogen-bond donors (Lipinski definition) is 0. The molecule has 0 unspecified atom stereocenters. The zero-order chi connectivity index (χ0) is 17.8. The fourth-order valence-electron chi connectivity index (χ4n) is 3.22. The van der Waals surface area contributed by atoms with Gasteiger partial charge in [0, 0.05) is 44.6 Å². The minimum absolute atomic E-state index is 0.0898. The van der Waals surface area contributed by atoms with Gasteiger partial charge in [-0.25, -0.2) is 4.39 Å². The number of nitrogens with zero attached hydrogens (tertiary/aromatic N) is 3. The summed E-state index contributed by atoms with van der Waals surface area (Å²) in [6.45, 7) is 5.33. The van der Waals surface area contributed by atoms with E-state index in [1.54, 1.807) is 18.3 Å². The van der Waals surface area contributed by atoms with E-state index in [1.165, 1.54) is 11.6 Å². The van der Waals surface area contributed by atoms with Crippen molar-refractivity contribution in [2.24, 2.45) is 0 Å². The third kappa shape index (κ3) is 4.64. The first-order valence-corrected chi connectivity index (χ1v) is 9.17. The summed E-state index contributed by atoms with van der Waals surface area (Å²) in [5, 5.41) is 0. The van der Waals surface area contributed by atoms with Crippen molar-refractivity contribution in [3.8, 4) is 0 Å². The van der Waals surface area contributed by atoms with Crippen LogP contribution in [0, 0.1) is 5.82 Å². The Hall–Kier alpha value is -1.79. The largest absolute Gasteiger partial charge is 0.337 e. The van der Waals surface area contributed by atoms with E-state index in [-0.39, 0.29) is 17.8 Å². The van der Waals surface area contributed by atoms with E-state index in [0.717, 1.165) is 25.2 Å². The van der Waals surface area contributed by atoms with Gasteiger partial charge in [-0.1, -0.05) is 12.1 Å². The fourth-order valence-corrected chi connectivity index (χ4v) is 3.65. The number of rotatable bonds is 4. The summed E-state index contributed by atoms with van der Waals surface area (Å²) >= 11 is 3.17. The molecule has 0 N–H and O–H groups in total. The van der Waals surface area contributed by atoms with Gasteiger partial charge in [0.25, 0.3) is 0 Å². The lowest BCUT2D eigenvalue weighted by Gasteiger charge is -2.40. The van der Waals surface area contributed by atoms with Gasteiger partial charge in [0.15, 0.2) is 0 Å². The van der Waals surface area contributed by atoms with E-state index < -0.39 is 0 Å². The first kappa shape index (κ1) is 18.0. The molecule has 4 nitrogen and oxygen atoms in total. The molecule has 25 heavy (non-hydrogen) atoms. The zero-order valence-electron chi connectivity index (χ0n) is 14.2. The first-order valence-electron chi connectivity index (χ1n) is 8.37. The topological polar surface area (TPSA) is 36.4 Å². The van der Waals surface area contributed by atoms with Crippen molar-refractivity contribution in [2.75, 3.05) is 19.6 Å². The van der Waals surface area contributed by atoms with Crippen LogP contribution in [-0.4, -0.2) is 46.4 Å². The summed E-state index contributed by atoms with van der Waals surface area (Å²) in [5.74, 6) is -0.222. The van der Waals surface area contributed by atoms with Crippen LogP contribution < -0.4 is 0 Å². The van der Waals surface area contributed by atoms with E-state index in [0.29, 0.717) is 17.4 Å². The van der Waals surface area contributed by atoms with Crippen LogP contribution in [0.25, 0.3) is 0 Å². The van der Waals surface area contributed by atoms with Gasteiger partial charge in [-0.15, -0.1) is 0 Å². The van der Waals surface area contributed by atoms with E-state index in [9.17, 15) is 9.18 Å². The average Bonchev–Trinajstić information content (AvgIpc) is 2.59. The van der Waals surface area contributed by atoms with Gasteiger partial charge in [-0.05, 0) is 52.2 Å². The summed E-state index contributed by atoms with van der Waals surface area (Å²) in [7, 11) is 0. The second kappa shape index (κ2) is 8.06. The lowest BCUT2D eigenvalue weighted by molar-refractivity contribution is -0.135. The number of halogens is 2. The number of benzene rings is 1. The average molecular weight is 406 g/mol. The molecule has 1 saturated heterocycles. The molecule has 1 aliphatic heterocycles. The third-order valence-electron chi connectivity index (χ3n) is 4.50. The van der Waals surface area contributed by atoms with Crippen molar-refractivity contribution >= 4 is 21.8 Å². The van der Waals surface area contributed by atoms with Crippen LogP contribution >= 0.6 is 15.9 Å². The Morgan fingerprint density at radius 2 is 2.16 bits per heavy atom. The summed E-state index contributed by atoms with van der Waals surface area (Å²) in [5.41, 5.74) is 2.01. The highest BCUT2D eigenvalue weighted by Crippen LogP contribution is 2.19. The van der Waals surface area contributed by atoms with Crippen molar-refractivity contribution in [1.82, 2.24) is 14.8 Å². The molecule has 6 heteroatoms. The SMILES string of the molecule is C[C@@H]1CN(Cc2cccnc2)CCN1C(=O)Cc1ccc(F)c(Br)c1. The normalized spacial score (nSPS) is 18.4. The van der Waals surface area contributed by atoms with Gasteiger partial charge in [0.05, 0.1) is 10.9 Å². The number of hydrogen-bond acceptors (Lipinski definition) is 3. The Kier molecular flexibility index (Phi) is 5.81. The highest BCUT2D eigenvalue weighted by molar-refractivity contribution is 9.10. The van der Waals surface area contributed by atoms with Crippen LogP contribution in [0.2, 0.25) is 0 Å². The standard InChI is InChI=1S/C19H21BrFN3O/c1-14-12-23(13-16-3-2-6-22-11-16)7-8-24(14)19(25)10-15-4-5-18(21)17(20)9-15/h2-6,9,11,14H,7-8,10,12-13H2,1H3/t14-/m1/s1. The van der Waals surface area contributed by atoms with Gasteiger partial charge in [-0.2, -0.15) is 0 Å². The van der Waals surface area contributed by atoms with E-state index in [2.05, 4.69) is 38.8 Å². The summed E-state index contributed by atoms with van der Waals surface area (Å²) in [4.78, 5) is 21.1. The second-order valence-electron chi connectivity index (χ2n) is 6.46. The lowest BCUT2D eigenvalue weighted by atomic mass is 10.1. The molecule has 1 aromatic heterocycles. The van der Waals surface area contributed by atoms with Crippen LogP contribution in [0.3, 0.4) is 0 Å². The Morgan fingerprint density at radius 1 is 1.32 bits per heavy atom. The third-order valence-corrected chi connectivity index (χ3v) is 5.11. The number of piperazine rings is 1. The van der Waals surface area contributed by atoms with Crippen molar-refractivity contribution in [3.05, 3.63) is 64.1 Å². The maximum Gasteiger partial charge on any atom is 0.227 e. The highest BCUT2D eigenvalue weighted by atomic mass is 79.9. The maximum absolute atomic E-state index is 13.3. The number of pyridine rings is 1. The zero-order valence-corrected chi connectivity index (χ0v) is 15.7. The van der Waals surface area contributed by atoms with Crippen LogP contribution in [0.4, 0.5) is 4.39 Å². The molecule has 0 radical (unpaired) electrons. The van der Waals surface area contributed by atoms with Crippen LogP contribution in [0.15, 0.2) is 47.2 Å². The monoisotopic (exact) mass is 405 g/mol. The van der Waals surface area contributed by atoms with Gasteiger partial charge >= 0.3 is 0 Å². The molecule has 0 saturated carbocycles. The molecule has 1 amide bonds. The van der Waals surface area contributed by atoms with Gasteiger partial charge in [0.2, 0.25) is 5.91 Å². The molecule has 2 aromatic rings. The fraction of sp³-hybridized carbons (Fsp3) is 0.368. The minimum atomic E-state index is -0.311. The Bertz CT molecular complexity index is 741.